The molecule has 1 amide bonds. The van der Waals surface area contributed by atoms with Gasteiger partial charge in [-0.3, -0.25) is 4.79 Å². The van der Waals surface area contributed by atoms with Gasteiger partial charge in [0.15, 0.2) is 6.10 Å². The average Bonchev–Trinajstić information content (AvgIpc) is 3.24. The van der Waals surface area contributed by atoms with Crippen LogP contribution < -0.4 is 0 Å². The number of likely N-dealkylation sites (N-methyl/N-ethyl adjacent to an activating group) is 1. The summed E-state index contributed by atoms with van der Waals surface area (Å²) in [6, 6.07) is 11.7. The number of aromatic nitrogens is 1. The Bertz CT molecular complexity index is 1130. The number of rotatable bonds is 4. The third-order valence-electron chi connectivity index (χ3n) is 5.31. The van der Waals surface area contributed by atoms with E-state index in [0.29, 0.717) is 5.56 Å². The minimum Gasteiger partial charge on any atom is -0.449 e. The van der Waals surface area contributed by atoms with Crippen molar-refractivity contribution in [2.24, 2.45) is 0 Å². The summed E-state index contributed by atoms with van der Waals surface area (Å²) in [7, 11) is 3.30. The molecule has 5 nitrogen and oxygen atoms in total. The topological polar surface area (TPSA) is 59.5 Å². The van der Waals surface area contributed by atoms with E-state index in [0.717, 1.165) is 47.0 Å². The summed E-state index contributed by atoms with van der Waals surface area (Å²) in [5, 5.41) is 2.82. The second-order valence-corrected chi connectivity index (χ2v) is 8.63. The minimum absolute atomic E-state index is 0.242. The number of allylic oxidation sites excluding steroid dienone is 1. The largest absolute Gasteiger partial charge is 0.449 e. The van der Waals surface area contributed by atoms with E-state index in [4.69, 9.17) is 9.72 Å². The molecule has 3 aromatic rings. The Morgan fingerprint density at radius 2 is 1.97 bits per heavy atom. The van der Waals surface area contributed by atoms with Gasteiger partial charge in [-0.15, -0.1) is 11.3 Å². The van der Waals surface area contributed by atoms with E-state index in [9.17, 15) is 9.59 Å². The molecule has 154 valence electrons. The van der Waals surface area contributed by atoms with Gasteiger partial charge in [-0.2, -0.15) is 0 Å². The van der Waals surface area contributed by atoms with Crippen molar-refractivity contribution in [3.8, 4) is 0 Å². The number of ether oxygens (including phenoxy) is 1. The van der Waals surface area contributed by atoms with Crippen molar-refractivity contribution < 1.29 is 14.3 Å². The molecule has 0 saturated carbocycles. The second-order valence-electron chi connectivity index (χ2n) is 7.65. The molecule has 30 heavy (non-hydrogen) atoms. The van der Waals surface area contributed by atoms with Crippen molar-refractivity contribution in [1.29, 1.82) is 0 Å². The Hall–Kier alpha value is -2.99. The lowest BCUT2D eigenvalue weighted by Crippen LogP contribution is -2.35. The van der Waals surface area contributed by atoms with E-state index in [-0.39, 0.29) is 5.91 Å². The number of hydrogen-bond donors (Lipinski definition) is 0. The fraction of sp³-hybridized carbons (Fsp3) is 0.292. The van der Waals surface area contributed by atoms with Gasteiger partial charge in [0, 0.05) is 24.4 Å². The number of hydrogen-bond acceptors (Lipinski definition) is 5. The van der Waals surface area contributed by atoms with Crippen LogP contribution in [0.15, 0.2) is 41.8 Å². The van der Waals surface area contributed by atoms with Crippen LogP contribution in [-0.2, 0) is 16.0 Å². The number of para-hydroxylation sites is 1. The number of nitrogens with zero attached hydrogens (tertiary/aromatic N) is 2. The standard InChI is InChI=1S/C24H24N2O3S/c1-15(23(27)26(2)3)29-24(28)21-18-10-4-5-12-20(18)25-22-16(8-6-11-19(21)22)14-17-9-7-13-30-17/h4-5,7,9-10,12-15H,6,8,11H2,1-3H3/b16-14-/t15-/m1/s1. The quantitative estimate of drug-likeness (QED) is 0.569. The Morgan fingerprint density at radius 1 is 1.17 bits per heavy atom. The van der Waals surface area contributed by atoms with Crippen molar-refractivity contribution in [3.63, 3.8) is 0 Å². The molecule has 0 radical (unpaired) electrons. The smallest absolute Gasteiger partial charge is 0.339 e. The van der Waals surface area contributed by atoms with Crippen LogP contribution >= 0.6 is 11.3 Å². The molecule has 0 bridgehead atoms. The fourth-order valence-electron chi connectivity index (χ4n) is 3.89. The summed E-state index contributed by atoms with van der Waals surface area (Å²) in [5.74, 6) is -0.709. The monoisotopic (exact) mass is 420 g/mol. The number of carbonyl (C=O) groups excluding carboxylic acids is 2. The summed E-state index contributed by atoms with van der Waals surface area (Å²) in [6.07, 6.45) is 3.93. The maximum absolute atomic E-state index is 13.3. The Kier molecular flexibility index (Phi) is 5.68. The van der Waals surface area contributed by atoms with E-state index in [2.05, 4.69) is 17.5 Å². The first-order valence-electron chi connectivity index (χ1n) is 10.0. The number of fused-ring (bicyclic) bond motifs is 2. The number of carbonyl (C=O) groups is 2. The molecule has 0 spiro atoms. The highest BCUT2D eigenvalue weighted by Gasteiger charge is 2.28. The zero-order chi connectivity index (χ0) is 21.3. The van der Waals surface area contributed by atoms with Crippen LogP contribution in [0.3, 0.4) is 0 Å². The van der Waals surface area contributed by atoms with Crippen LogP contribution in [0.2, 0.25) is 0 Å². The lowest BCUT2D eigenvalue weighted by atomic mass is 9.86. The number of thiophene rings is 1. The molecule has 1 aromatic carbocycles. The Labute approximate surface area is 180 Å². The molecule has 0 aliphatic heterocycles. The van der Waals surface area contributed by atoms with E-state index < -0.39 is 12.1 Å². The van der Waals surface area contributed by atoms with Crippen LogP contribution in [0.1, 0.15) is 46.3 Å². The SMILES string of the molecule is C[C@@H](OC(=O)c1c2c(nc3ccccc13)/C(=C\c1cccs1)CCC2)C(=O)N(C)C. The van der Waals surface area contributed by atoms with Gasteiger partial charge >= 0.3 is 5.97 Å². The molecule has 1 atom stereocenters. The molecule has 0 saturated heterocycles. The second kappa shape index (κ2) is 8.40. The van der Waals surface area contributed by atoms with Gasteiger partial charge < -0.3 is 9.64 Å². The molecule has 6 heteroatoms. The Morgan fingerprint density at radius 3 is 2.70 bits per heavy atom. The van der Waals surface area contributed by atoms with Gasteiger partial charge in [-0.1, -0.05) is 24.3 Å². The molecule has 2 heterocycles. The highest BCUT2D eigenvalue weighted by atomic mass is 32.1. The van der Waals surface area contributed by atoms with E-state index in [1.165, 1.54) is 9.78 Å². The molecule has 0 fully saturated rings. The predicted octanol–water partition coefficient (Wildman–Crippen LogP) is 4.81. The van der Waals surface area contributed by atoms with Gasteiger partial charge in [0.25, 0.3) is 5.91 Å². The first-order valence-corrected chi connectivity index (χ1v) is 10.9. The van der Waals surface area contributed by atoms with Crippen LogP contribution in [0.25, 0.3) is 22.6 Å². The average molecular weight is 421 g/mol. The maximum atomic E-state index is 13.3. The Balaban J connectivity index is 1.83. The van der Waals surface area contributed by atoms with Crippen LogP contribution in [-0.4, -0.2) is 42.0 Å². The number of esters is 1. The summed E-state index contributed by atoms with van der Waals surface area (Å²) >= 11 is 1.68. The normalized spacial score (nSPS) is 15.6. The summed E-state index contributed by atoms with van der Waals surface area (Å²) in [6.45, 7) is 1.61. The van der Waals surface area contributed by atoms with Crippen LogP contribution in [0, 0.1) is 0 Å². The van der Waals surface area contributed by atoms with Crippen LogP contribution in [0.5, 0.6) is 0 Å². The molecule has 1 aliphatic rings. The zero-order valence-corrected chi connectivity index (χ0v) is 18.2. The highest BCUT2D eigenvalue weighted by Crippen LogP contribution is 2.37. The van der Waals surface area contributed by atoms with Gasteiger partial charge in [0.2, 0.25) is 0 Å². The number of pyridine rings is 1. The van der Waals surface area contributed by atoms with Crippen LogP contribution in [0.4, 0.5) is 0 Å². The number of amides is 1. The van der Waals surface area contributed by atoms with Gasteiger partial charge in [0.1, 0.15) is 0 Å². The van der Waals surface area contributed by atoms with Gasteiger partial charge in [-0.05, 0) is 60.9 Å². The van der Waals surface area contributed by atoms with Gasteiger partial charge in [0.05, 0.1) is 16.8 Å². The first-order chi connectivity index (χ1) is 14.5. The zero-order valence-electron chi connectivity index (χ0n) is 17.3. The third kappa shape index (κ3) is 3.87. The lowest BCUT2D eigenvalue weighted by molar-refractivity contribution is -0.137. The van der Waals surface area contributed by atoms with Crippen molar-refractivity contribution in [2.45, 2.75) is 32.3 Å². The highest BCUT2D eigenvalue weighted by molar-refractivity contribution is 7.10. The molecular formula is C24H24N2O3S. The summed E-state index contributed by atoms with van der Waals surface area (Å²) in [5.41, 5.74) is 4.21. The first kappa shape index (κ1) is 20.3. The molecule has 0 unspecified atom stereocenters. The van der Waals surface area contributed by atoms with Gasteiger partial charge in [-0.25, -0.2) is 9.78 Å². The summed E-state index contributed by atoms with van der Waals surface area (Å²) < 4.78 is 5.60. The molecule has 2 aromatic heterocycles. The maximum Gasteiger partial charge on any atom is 0.339 e. The molecule has 4 rings (SSSR count). The predicted molar refractivity (Wildman–Crippen MR) is 120 cm³/mol. The van der Waals surface area contributed by atoms with Crippen molar-refractivity contribution in [2.75, 3.05) is 14.1 Å². The summed E-state index contributed by atoms with van der Waals surface area (Å²) in [4.78, 5) is 33.0. The minimum atomic E-state index is -0.847. The lowest BCUT2D eigenvalue weighted by Gasteiger charge is -2.23. The molecule has 0 N–H and O–H groups in total. The fourth-order valence-corrected chi connectivity index (χ4v) is 4.57. The van der Waals surface area contributed by atoms with Crippen molar-refractivity contribution >= 4 is 45.8 Å². The number of benzene rings is 1. The third-order valence-corrected chi connectivity index (χ3v) is 6.13. The molecular weight excluding hydrogens is 396 g/mol. The van der Waals surface area contributed by atoms with Crippen molar-refractivity contribution in [3.05, 3.63) is 63.5 Å². The van der Waals surface area contributed by atoms with E-state index in [1.807, 2.05) is 30.3 Å². The van der Waals surface area contributed by atoms with Crippen molar-refractivity contribution in [1.82, 2.24) is 9.88 Å². The molecule has 1 aliphatic carbocycles. The van der Waals surface area contributed by atoms with E-state index >= 15 is 0 Å². The van der Waals surface area contributed by atoms with E-state index in [1.54, 1.807) is 32.4 Å².